The van der Waals surface area contributed by atoms with E-state index >= 15 is 0 Å². The smallest absolute Gasteiger partial charge is 0.335 e. The van der Waals surface area contributed by atoms with Gasteiger partial charge in [-0.2, -0.15) is 0 Å². The molecule has 3 N–H and O–H groups in total. The van der Waals surface area contributed by atoms with Crippen LogP contribution in [-0.2, 0) is 22.6 Å². The molecule has 0 spiro atoms. The minimum atomic E-state index is -1.31. The number of nitrogens with one attached hydrogen (secondary N) is 1. The molecule has 0 aromatic heterocycles. The third-order valence-corrected chi connectivity index (χ3v) is 7.37. The molecule has 230 valence electrons. The Morgan fingerprint density at radius 1 is 0.860 bits per heavy atom. The van der Waals surface area contributed by atoms with E-state index in [2.05, 4.69) is 12.2 Å². The standard InChI is InChI=1S/C32H35Cl2NO8/c1-4-5-6-7-12-43-18-20-14-26(41-2)28(27(15-20)42-3)21-10-8-19(9-11-21)13-25(32(39)40)35-30(36)29-23(33)16-22(31(37)38)17-24(29)34/h8-11,14-17,25H,4-7,12-13,18H2,1-3H3,(H,35,36)(H,37,38)(H,39,40)/t25-/m0/s1. The Bertz CT molecular complexity index is 1390. The molecule has 1 amide bonds. The van der Waals surface area contributed by atoms with E-state index in [-0.39, 0.29) is 27.6 Å². The molecule has 0 fully saturated rings. The SMILES string of the molecule is CCCCCCOCc1cc(OC)c(-c2ccc(C[C@H](NC(=O)c3c(Cl)cc(C(=O)O)cc3Cl)C(=O)O)cc2)c(OC)c1. The van der Waals surface area contributed by atoms with Crippen LogP contribution < -0.4 is 14.8 Å². The molecule has 0 unspecified atom stereocenters. The number of amides is 1. The molecule has 0 heterocycles. The molecule has 1 atom stereocenters. The molecule has 0 bridgehead atoms. The van der Waals surface area contributed by atoms with Gasteiger partial charge in [-0.1, -0.05) is 73.7 Å². The second kappa shape index (κ2) is 16.2. The Morgan fingerprint density at radius 3 is 1.98 bits per heavy atom. The summed E-state index contributed by atoms with van der Waals surface area (Å²) < 4.78 is 17.2. The molecule has 3 aromatic rings. The Balaban J connectivity index is 1.76. The maximum absolute atomic E-state index is 12.9. The number of hydrogen-bond acceptors (Lipinski definition) is 6. The molecule has 0 aliphatic carbocycles. The number of aliphatic carboxylic acids is 1. The lowest BCUT2D eigenvalue weighted by Crippen LogP contribution is -2.42. The van der Waals surface area contributed by atoms with Gasteiger partial charge in [0.25, 0.3) is 5.91 Å². The summed E-state index contributed by atoms with van der Waals surface area (Å²) in [5, 5.41) is 21.0. The molecule has 0 radical (unpaired) electrons. The van der Waals surface area contributed by atoms with E-state index in [0.29, 0.717) is 30.3 Å². The molecule has 0 saturated carbocycles. The normalized spacial score (nSPS) is 11.6. The van der Waals surface area contributed by atoms with Crippen molar-refractivity contribution >= 4 is 41.0 Å². The fourth-order valence-electron chi connectivity index (χ4n) is 4.54. The fraction of sp³-hybridized carbons (Fsp3) is 0.344. The first kappa shape index (κ1) is 33.7. The molecule has 9 nitrogen and oxygen atoms in total. The summed E-state index contributed by atoms with van der Waals surface area (Å²) >= 11 is 12.2. The van der Waals surface area contributed by atoms with Crippen molar-refractivity contribution in [2.24, 2.45) is 0 Å². The highest BCUT2D eigenvalue weighted by atomic mass is 35.5. The molecule has 0 aliphatic heterocycles. The summed E-state index contributed by atoms with van der Waals surface area (Å²) in [6.45, 7) is 3.28. The molecule has 0 aliphatic rings. The third-order valence-electron chi connectivity index (χ3n) is 6.78. The number of carboxylic acids is 2. The van der Waals surface area contributed by atoms with Gasteiger partial charge in [0.15, 0.2) is 0 Å². The van der Waals surface area contributed by atoms with E-state index in [0.717, 1.165) is 41.7 Å². The van der Waals surface area contributed by atoms with Crippen LogP contribution in [0.2, 0.25) is 10.0 Å². The number of aromatic carboxylic acids is 1. The van der Waals surface area contributed by atoms with Crippen molar-refractivity contribution in [1.82, 2.24) is 5.32 Å². The second-order valence-corrected chi connectivity index (χ2v) is 10.7. The number of carbonyl (C=O) groups excluding carboxylic acids is 1. The molecule has 3 rings (SSSR count). The fourth-order valence-corrected chi connectivity index (χ4v) is 5.20. The molecular formula is C32H35Cl2NO8. The predicted octanol–water partition coefficient (Wildman–Crippen LogP) is 6.90. The van der Waals surface area contributed by atoms with Gasteiger partial charge in [-0.3, -0.25) is 4.79 Å². The number of carbonyl (C=O) groups is 3. The lowest BCUT2D eigenvalue weighted by atomic mass is 9.98. The van der Waals surface area contributed by atoms with Crippen molar-refractivity contribution in [3.05, 3.63) is 80.8 Å². The summed E-state index contributed by atoms with van der Waals surface area (Å²) in [5.41, 5.74) is 2.68. The maximum atomic E-state index is 12.9. The molecular weight excluding hydrogens is 597 g/mol. The lowest BCUT2D eigenvalue weighted by molar-refractivity contribution is -0.139. The Morgan fingerprint density at radius 2 is 1.47 bits per heavy atom. The molecule has 0 saturated heterocycles. The average molecular weight is 633 g/mol. The molecule has 43 heavy (non-hydrogen) atoms. The van der Waals surface area contributed by atoms with Gasteiger partial charge >= 0.3 is 11.9 Å². The van der Waals surface area contributed by atoms with E-state index in [1.165, 1.54) is 12.8 Å². The zero-order valence-electron chi connectivity index (χ0n) is 24.2. The zero-order valence-corrected chi connectivity index (χ0v) is 25.8. The van der Waals surface area contributed by atoms with E-state index in [4.69, 9.17) is 42.5 Å². The molecule has 11 heteroatoms. The zero-order chi connectivity index (χ0) is 31.5. The van der Waals surface area contributed by atoms with Crippen LogP contribution in [0.1, 0.15) is 64.4 Å². The highest BCUT2D eigenvalue weighted by Gasteiger charge is 2.25. The summed E-state index contributed by atoms with van der Waals surface area (Å²) in [7, 11) is 3.16. The van der Waals surface area contributed by atoms with Gasteiger partial charge in [0.05, 0.1) is 47.6 Å². The first-order chi connectivity index (χ1) is 20.6. The number of benzene rings is 3. The van der Waals surface area contributed by atoms with Crippen LogP contribution in [-0.4, -0.2) is 54.9 Å². The van der Waals surface area contributed by atoms with Crippen LogP contribution in [0.4, 0.5) is 0 Å². The van der Waals surface area contributed by atoms with E-state index in [1.54, 1.807) is 26.4 Å². The number of unbranched alkanes of at least 4 members (excludes halogenated alkanes) is 3. The van der Waals surface area contributed by atoms with Crippen LogP contribution in [0, 0.1) is 0 Å². The quantitative estimate of drug-likeness (QED) is 0.145. The van der Waals surface area contributed by atoms with Gasteiger partial charge in [-0.25, -0.2) is 9.59 Å². The largest absolute Gasteiger partial charge is 0.496 e. The van der Waals surface area contributed by atoms with Crippen molar-refractivity contribution < 1.29 is 38.8 Å². The van der Waals surface area contributed by atoms with Gasteiger partial charge in [-0.15, -0.1) is 0 Å². The number of methoxy groups -OCH3 is 2. The topological polar surface area (TPSA) is 131 Å². The van der Waals surface area contributed by atoms with Gasteiger partial charge in [-0.05, 0) is 47.4 Å². The first-order valence-corrected chi connectivity index (χ1v) is 14.5. The summed E-state index contributed by atoms with van der Waals surface area (Å²) in [4.78, 5) is 36.1. The number of hydrogen-bond donors (Lipinski definition) is 3. The van der Waals surface area contributed by atoms with Crippen LogP contribution >= 0.6 is 23.2 Å². The summed E-state index contributed by atoms with van der Waals surface area (Å²) in [5.74, 6) is -2.16. The van der Waals surface area contributed by atoms with Gasteiger partial charge in [0, 0.05) is 13.0 Å². The monoisotopic (exact) mass is 631 g/mol. The molecule has 3 aromatic carbocycles. The van der Waals surface area contributed by atoms with Crippen LogP contribution in [0.15, 0.2) is 48.5 Å². The first-order valence-electron chi connectivity index (χ1n) is 13.8. The Kier molecular flexibility index (Phi) is 12.7. The van der Waals surface area contributed by atoms with Crippen LogP contribution in [0.3, 0.4) is 0 Å². The second-order valence-electron chi connectivity index (χ2n) is 9.87. The van der Waals surface area contributed by atoms with E-state index in [9.17, 15) is 19.5 Å². The van der Waals surface area contributed by atoms with Crippen LogP contribution in [0.5, 0.6) is 11.5 Å². The highest BCUT2D eigenvalue weighted by molar-refractivity contribution is 6.40. The van der Waals surface area contributed by atoms with Gasteiger partial charge < -0.3 is 29.7 Å². The number of ether oxygens (including phenoxy) is 3. The lowest BCUT2D eigenvalue weighted by Gasteiger charge is -2.18. The van der Waals surface area contributed by atoms with E-state index < -0.39 is 23.9 Å². The Labute approximate surface area is 260 Å². The number of rotatable bonds is 16. The number of halogens is 2. The summed E-state index contributed by atoms with van der Waals surface area (Å²) in [6.07, 6.45) is 4.48. The van der Waals surface area contributed by atoms with E-state index in [1.807, 2.05) is 24.3 Å². The minimum absolute atomic E-state index is 0.0351. The summed E-state index contributed by atoms with van der Waals surface area (Å²) in [6, 6.07) is 11.8. The average Bonchev–Trinajstić information content (AvgIpc) is 2.98. The number of carboxylic acid groups (broad SMARTS) is 2. The third kappa shape index (κ3) is 9.10. The van der Waals surface area contributed by atoms with Gasteiger partial charge in [0.2, 0.25) is 0 Å². The van der Waals surface area contributed by atoms with Crippen molar-refractivity contribution in [2.75, 3.05) is 20.8 Å². The van der Waals surface area contributed by atoms with Crippen molar-refractivity contribution in [3.63, 3.8) is 0 Å². The highest BCUT2D eigenvalue weighted by Crippen LogP contribution is 2.40. The van der Waals surface area contributed by atoms with Crippen molar-refractivity contribution in [3.8, 4) is 22.6 Å². The Hall–Kier alpha value is -3.79. The van der Waals surface area contributed by atoms with Crippen LogP contribution in [0.25, 0.3) is 11.1 Å². The minimum Gasteiger partial charge on any atom is -0.496 e. The van der Waals surface area contributed by atoms with Crippen molar-refractivity contribution in [2.45, 2.75) is 51.7 Å². The van der Waals surface area contributed by atoms with Crippen molar-refractivity contribution in [1.29, 1.82) is 0 Å². The maximum Gasteiger partial charge on any atom is 0.335 e. The predicted molar refractivity (Wildman–Crippen MR) is 165 cm³/mol. The van der Waals surface area contributed by atoms with Gasteiger partial charge in [0.1, 0.15) is 17.5 Å².